The third kappa shape index (κ3) is 2.18. The lowest BCUT2D eigenvalue weighted by molar-refractivity contribution is -0.116. The molecule has 0 radical (unpaired) electrons. The Labute approximate surface area is 179 Å². The second kappa shape index (κ2) is 5.39. The quantitative estimate of drug-likeness (QED) is 0.266. The summed E-state index contributed by atoms with van der Waals surface area (Å²) in [5, 5.41) is 8.78. The van der Waals surface area contributed by atoms with Crippen molar-refractivity contribution in [2.45, 2.75) is 64.2 Å². The summed E-state index contributed by atoms with van der Waals surface area (Å²) in [6.45, 7) is 0. The van der Waals surface area contributed by atoms with Crippen LogP contribution in [0.2, 0.25) is 0 Å². The molecule has 4 fully saturated rings. The number of rotatable bonds is 0. The Bertz CT molecular complexity index is 1140. The minimum atomic E-state index is 0.648. The third-order valence-electron chi connectivity index (χ3n) is 9.84. The summed E-state index contributed by atoms with van der Waals surface area (Å²) in [6, 6.07) is 19.6. The Morgan fingerprint density at radius 3 is 1.37 bits per heavy atom. The van der Waals surface area contributed by atoms with Gasteiger partial charge < -0.3 is 0 Å². The Kier molecular flexibility index (Phi) is 2.98. The van der Waals surface area contributed by atoms with Crippen LogP contribution in [0.3, 0.4) is 0 Å². The first-order chi connectivity index (χ1) is 14.7. The molecule has 150 valence electrons. The number of hydrogen-bond acceptors (Lipinski definition) is 0. The van der Waals surface area contributed by atoms with E-state index in [4.69, 9.17) is 0 Å². The van der Waals surface area contributed by atoms with Gasteiger partial charge in [-0.25, -0.2) is 0 Å². The van der Waals surface area contributed by atoms with E-state index in [2.05, 4.69) is 48.5 Å². The van der Waals surface area contributed by atoms with Gasteiger partial charge in [-0.1, -0.05) is 48.5 Å². The van der Waals surface area contributed by atoms with Gasteiger partial charge in [0, 0.05) is 0 Å². The van der Waals surface area contributed by atoms with Crippen molar-refractivity contribution in [2.75, 3.05) is 0 Å². The van der Waals surface area contributed by atoms with E-state index in [0.717, 1.165) is 11.8 Å². The van der Waals surface area contributed by atoms with E-state index in [-0.39, 0.29) is 0 Å². The van der Waals surface area contributed by atoms with Crippen molar-refractivity contribution in [3.05, 3.63) is 59.7 Å². The Balaban J connectivity index is 1.38. The fourth-order valence-electron chi connectivity index (χ4n) is 9.31. The normalized spacial score (nSPS) is 34.9. The first kappa shape index (κ1) is 16.6. The number of fused-ring (bicyclic) bond motifs is 2. The van der Waals surface area contributed by atoms with Crippen LogP contribution >= 0.6 is 0 Å². The molecule has 4 aromatic rings. The number of aryl methyl sites for hydroxylation is 2. The van der Waals surface area contributed by atoms with Gasteiger partial charge in [-0.15, -0.1) is 0 Å². The van der Waals surface area contributed by atoms with Crippen molar-refractivity contribution in [3.63, 3.8) is 0 Å². The lowest BCUT2D eigenvalue weighted by Gasteiger charge is -2.63. The van der Waals surface area contributed by atoms with Crippen molar-refractivity contribution in [1.29, 1.82) is 0 Å². The zero-order chi connectivity index (χ0) is 19.5. The van der Waals surface area contributed by atoms with Crippen LogP contribution in [0.1, 0.15) is 62.5 Å². The first-order valence-corrected chi connectivity index (χ1v) is 12.4. The molecule has 0 amide bonds. The van der Waals surface area contributed by atoms with E-state index < -0.39 is 0 Å². The molecule has 12 rings (SSSR count). The van der Waals surface area contributed by atoms with E-state index in [9.17, 15) is 0 Å². The van der Waals surface area contributed by atoms with E-state index in [0.29, 0.717) is 10.8 Å². The molecule has 8 aliphatic rings. The molecule has 0 N–H and O–H groups in total. The lowest BCUT2D eigenvalue weighted by atomic mass is 9.42. The Morgan fingerprint density at radius 2 is 0.967 bits per heavy atom. The number of benzene rings is 4. The maximum Gasteiger partial charge on any atom is -0.00266 e. The largest absolute Gasteiger partial charge is 0.0537 e. The lowest BCUT2D eigenvalue weighted by Crippen LogP contribution is -2.52. The molecular weight excluding hydrogens is 360 g/mol. The zero-order valence-electron chi connectivity index (χ0n) is 17.8. The van der Waals surface area contributed by atoms with E-state index >= 15 is 0 Å². The Hall–Kier alpha value is -2.08. The first-order valence-electron chi connectivity index (χ1n) is 12.4. The topological polar surface area (TPSA) is 0 Å². The summed E-state index contributed by atoms with van der Waals surface area (Å²) >= 11 is 0. The van der Waals surface area contributed by atoms with Gasteiger partial charge in [0.05, 0.1) is 0 Å². The fourth-order valence-corrected chi connectivity index (χ4v) is 9.31. The van der Waals surface area contributed by atoms with Crippen LogP contribution < -0.4 is 0 Å². The summed E-state index contributed by atoms with van der Waals surface area (Å²) in [6.07, 6.45) is 14.6. The molecule has 0 saturated heterocycles. The average Bonchev–Trinajstić information content (AvgIpc) is 2.73. The monoisotopic (exact) mass is 390 g/mol. The van der Waals surface area contributed by atoms with E-state index in [1.165, 1.54) is 90.1 Å². The predicted octanol–water partition coefficient (Wildman–Crippen LogP) is 8.05. The van der Waals surface area contributed by atoms with Gasteiger partial charge in [-0.2, -0.15) is 0 Å². The van der Waals surface area contributed by atoms with Crippen molar-refractivity contribution < 1.29 is 0 Å². The molecule has 0 heterocycles. The molecule has 0 atom stereocenters. The molecular formula is C30H30. The molecule has 4 saturated carbocycles. The fraction of sp³-hybridized carbons (Fsp3) is 0.467. The van der Waals surface area contributed by atoms with Crippen LogP contribution in [0.25, 0.3) is 32.3 Å². The summed E-state index contributed by atoms with van der Waals surface area (Å²) in [5.41, 5.74) is 4.44. The molecule has 0 heteroatoms. The standard InChI is InChI=1S/C30H30/c1-2-24-11-20-6-8-30-16-21-9-22(17-30)15-29(14-21,18-30)7-5-19-10-23(1)27-25(12-19)3-4-26(13-20)28(24)27/h1-4,10-13,21-22H,5-9,14-18H2. The van der Waals surface area contributed by atoms with Crippen LogP contribution in [0.4, 0.5) is 0 Å². The van der Waals surface area contributed by atoms with E-state index in [1.54, 1.807) is 17.5 Å². The van der Waals surface area contributed by atoms with Crippen molar-refractivity contribution in [3.8, 4) is 0 Å². The van der Waals surface area contributed by atoms with Crippen LogP contribution in [0.5, 0.6) is 0 Å². The van der Waals surface area contributed by atoms with Crippen LogP contribution in [-0.2, 0) is 12.8 Å². The average molecular weight is 391 g/mol. The molecule has 0 nitrogen and oxygen atoms in total. The van der Waals surface area contributed by atoms with Gasteiger partial charge in [-0.3, -0.25) is 0 Å². The van der Waals surface area contributed by atoms with Gasteiger partial charge in [-0.05, 0) is 130 Å². The number of hydrogen-bond donors (Lipinski definition) is 0. The van der Waals surface area contributed by atoms with Crippen LogP contribution in [0, 0.1) is 22.7 Å². The molecule has 0 aromatic heterocycles. The molecule has 4 aromatic carbocycles. The third-order valence-corrected chi connectivity index (χ3v) is 9.84. The molecule has 0 aliphatic heterocycles. The highest BCUT2D eigenvalue weighted by Crippen LogP contribution is 2.67. The maximum atomic E-state index is 2.52. The van der Waals surface area contributed by atoms with Crippen molar-refractivity contribution >= 4 is 32.3 Å². The molecule has 0 unspecified atom stereocenters. The summed E-state index contributed by atoms with van der Waals surface area (Å²) < 4.78 is 0. The zero-order valence-corrected chi connectivity index (χ0v) is 17.8. The molecule has 8 aliphatic carbocycles. The van der Waals surface area contributed by atoms with Gasteiger partial charge >= 0.3 is 0 Å². The van der Waals surface area contributed by atoms with Crippen molar-refractivity contribution in [2.24, 2.45) is 22.7 Å². The second-order valence-electron chi connectivity index (χ2n) is 11.9. The van der Waals surface area contributed by atoms with Gasteiger partial charge in [0.2, 0.25) is 0 Å². The summed E-state index contributed by atoms with van der Waals surface area (Å²) in [4.78, 5) is 0. The smallest absolute Gasteiger partial charge is 0.00266 e. The highest BCUT2D eigenvalue weighted by atomic mass is 14.6. The second-order valence-corrected chi connectivity index (χ2v) is 11.9. The summed E-state index contributed by atoms with van der Waals surface area (Å²) in [7, 11) is 0. The Morgan fingerprint density at radius 1 is 0.567 bits per heavy atom. The van der Waals surface area contributed by atoms with Gasteiger partial charge in [0.1, 0.15) is 0 Å². The molecule has 12 bridgehead atoms. The van der Waals surface area contributed by atoms with E-state index in [1.807, 2.05) is 0 Å². The summed E-state index contributed by atoms with van der Waals surface area (Å²) in [5.74, 6) is 2.05. The molecule has 2 spiro atoms. The van der Waals surface area contributed by atoms with Crippen LogP contribution in [0.15, 0.2) is 48.5 Å². The molecule has 30 heavy (non-hydrogen) atoms. The SMILES string of the molecule is c1cc2cc3cc4ccc5cc(cc1c5c24)CCC12CC4CC(C1)CC(CC3)(C4)C2. The highest BCUT2D eigenvalue weighted by molar-refractivity contribution is 6.23. The van der Waals surface area contributed by atoms with Gasteiger partial charge in [0.15, 0.2) is 0 Å². The van der Waals surface area contributed by atoms with Gasteiger partial charge in [0.25, 0.3) is 0 Å². The maximum absolute atomic E-state index is 2.52. The van der Waals surface area contributed by atoms with Crippen LogP contribution in [-0.4, -0.2) is 0 Å². The predicted molar refractivity (Wildman–Crippen MR) is 126 cm³/mol. The minimum Gasteiger partial charge on any atom is -0.0537 e. The highest BCUT2D eigenvalue weighted by Gasteiger charge is 2.56. The minimum absolute atomic E-state index is 0.648. The van der Waals surface area contributed by atoms with Crippen molar-refractivity contribution in [1.82, 2.24) is 0 Å².